The van der Waals surface area contributed by atoms with Crippen molar-refractivity contribution in [3.05, 3.63) is 29.5 Å². The zero-order valence-electron chi connectivity index (χ0n) is 11.0. The number of aromatic nitrogens is 1. The third-order valence-corrected chi connectivity index (χ3v) is 4.08. The minimum Gasteiger partial charge on any atom is -0.462 e. The molecule has 1 amide bonds. The van der Waals surface area contributed by atoms with Gasteiger partial charge in [-0.2, -0.15) is 0 Å². The van der Waals surface area contributed by atoms with Gasteiger partial charge in [0.25, 0.3) is 0 Å². The van der Waals surface area contributed by atoms with Crippen LogP contribution in [0.4, 0.5) is 0 Å². The van der Waals surface area contributed by atoms with Crippen LogP contribution in [0.25, 0.3) is 10.8 Å². The highest BCUT2D eigenvalue weighted by atomic mass is 32.1. The summed E-state index contributed by atoms with van der Waals surface area (Å²) in [5.74, 6) is 0.720. The number of hydrogen-bond acceptors (Lipinski definition) is 5. The highest BCUT2D eigenvalue weighted by Crippen LogP contribution is 2.24. The Morgan fingerprint density at radius 3 is 3.25 bits per heavy atom. The topological polar surface area (TPSA) is 64.4 Å². The first-order valence-corrected chi connectivity index (χ1v) is 7.56. The molecule has 1 fully saturated rings. The van der Waals surface area contributed by atoms with E-state index in [1.807, 2.05) is 17.5 Å². The van der Waals surface area contributed by atoms with E-state index in [0.29, 0.717) is 13.0 Å². The number of carbonyl (C=O) groups excluding carboxylic acids is 1. The highest BCUT2D eigenvalue weighted by molar-refractivity contribution is 7.13. The third kappa shape index (κ3) is 3.26. The third-order valence-electron chi connectivity index (χ3n) is 3.18. The molecule has 5 nitrogen and oxygen atoms in total. The number of thiazole rings is 1. The van der Waals surface area contributed by atoms with Gasteiger partial charge in [0.05, 0.1) is 24.5 Å². The van der Waals surface area contributed by atoms with E-state index in [9.17, 15) is 4.79 Å². The number of amides is 1. The van der Waals surface area contributed by atoms with Crippen molar-refractivity contribution in [3.8, 4) is 10.8 Å². The van der Waals surface area contributed by atoms with Crippen molar-refractivity contribution >= 4 is 17.2 Å². The summed E-state index contributed by atoms with van der Waals surface area (Å²) in [4.78, 5) is 16.2. The number of nitrogens with zero attached hydrogens (tertiary/aromatic N) is 1. The van der Waals surface area contributed by atoms with Crippen molar-refractivity contribution in [2.45, 2.75) is 25.4 Å². The van der Waals surface area contributed by atoms with E-state index in [1.54, 1.807) is 6.26 Å². The number of furan rings is 1. The number of rotatable bonds is 5. The molecule has 0 aliphatic carbocycles. The summed E-state index contributed by atoms with van der Waals surface area (Å²) in [6, 6.07) is 3.69. The quantitative estimate of drug-likeness (QED) is 0.918. The number of hydrogen-bond donors (Lipinski definition) is 1. The first-order chi connectivity index (χ1) is 9.81. The molecule has 0 radical (unpaired) electrons. The lowest BCUT2D eigenvalue weighted by atomic mass is 10.2. The molecule has 1 atom stereocenters. The summed E-state index contributed by atoms with van der Waals surface area (Å²) in [7, 11) is 0. The summed E-state index contributed by atoms with van der Waals surface area (Å²) in [5.41, 5.74) is 0.770. The minimum atomic E-state index is -0.0169. The normalized spacial score (nSPS) is 18.3. The Kier molecular flexibility index (Phi) is 4.13. The van der Waals surface area contributed by atoms with Gasteiger partial charge >= 0.3 is 0 Å². The molecule has 1 N–H and O–H groups in total. The first kappa shape index (κ1) is 13.3. The van der Waals surface area contributed by atoms with Crippen LogP contribution in [0.3, 0.4) is 0 Å². The second-order valence-corrected chi connectivity index (χ2v) is 5.60. The van der Waals surface area contributed by atoms with Crippen LogP contribution < -0.4 is 5.32 Å². The fraction of sp³-hybridized carbons (Fsp3) is 0.429. The van der Waals surface area contributed by atoms with E-state index in [-0.39, 0.29) is 12.0 Å². The molecule has 1 unspecified atom stereocenters. The van der Waals surface area contributed by atoms with Crippen LogP contribution in [0.5, 0.6) is 0 Å². The fourth-order valence-corrected chi connectivity index (χ4v) is 2.95. The molecule has 1 aliphatic rings. The lowest BCUT2D eigenvalue weighted by Gasteiger charge is -2.09. The molecule has 106 valence electrons. The molecule has 1 aliphatic heterocycles. The van der Waals surface area contributed by atoms with Gasteiger partial charge in [-0.3, -0.25) is 4.79 Å². The predicted molar refractivity (Wildman–Crippen MR) is 75.5 cm³/mol. The van der Waals surface area contributed by atoms with Gasteiger partial charge in [0, 0.05) is 18.5 Å². The van der Waals surface area contributed by atoms with Gasteiger partial charge in [0.2, 0.25) is 5.91 Å². The van der Waals surface area contributed by atoms with E-state index in [4.69, 9.17) is 9.15 Å². The second kappa shape index (κ2) is 6.19. The van der Waals surface area contributed by atoms with E-state index in [2.05, 4.69) is 10.3 Å². The molecule has 2 aromatic heterocycles. The van der Waals surface area contributed by atoms with Gasteiger partial charge < -0.3 is 14.5 Å². The van der Waals surface area contributed by atoms with E-state index in [1.165, 1.54) is 11.3 Å². The average Bonchev–Trinajstić information content (AvgIpc) is 3.18. The number of ether oxygens (including phenoxy) is 1. The molecule has 0 saturated carbocycles. The van der Waals surface area contributed by atoms with Gasteiger partial charge in [-0.25, -0.2) is 4.98 Å². The molecule has 6 heteroatoms. The number of carbonyl (C=O) groups is 1. The predicted octanol–water partition coefficient (Wildman–Crippen LogP) is 2.24. The van der Waals surface area contributed by atoms with Gasteiger partial charge in [-0.05, 0) is 25.0 Å². The maximum absolute atomic E-state index is 11.8. The molecule has 0 bridgehead atoms. The maximum atomic E-state index is 11.8. The number of nitrogens with one attached hydrogen (secondary N) is 1. The molecule has 1 saturated heterocycles. The summed E-state index contributed by atoms with van der Waals surface area (Å²) < 4.78 is 10.7. The van der Waals surface area contributed by atoms with Crippen molar-refractivity contribution in [2.24, 2.45) is 0 Å². The van der Waals surface area contributed by atoms with Gasteiger partial charge in [-0.1, -0.05) is 0 Å². The maximum Gasteiger partial charge on any atom is 0.226 e. The van der Waals surface area contributed by atoms with Crippen molar-refractivity contribution < 1.29 is 13.9 Å². The van der Waals surface area contributed by atoms with Crippen LogP contribution in [0.2, 0.25) is 0 Å². The van der Waals surface area contributed by atoms with Crippen LogP contribution in [0.15, 0.2) is 28.2 Å². The molecular formula is C14H16N2O3S. The second-order valence-electron chi connectivity index (χ2n) is 4.74. The van der Waals surface area contributed by atoms with Crippen LogP contribution in [0.1, 0.15) is 18.5 Å². The minimum absolute atomic E-state index is 0.0169. The van der Waals surface area contributed by atoms with Gasteiger partial charge in [-0.15, -0.1) is 11.3 Å². The Hall–Kier alpha value is -1.66. The summed E-state index contributed by atoms with van der Waals surface area (Å²) in [6.45, 7) is 1.40. The largest absolute Gasteiger partial charge is 0.462 e. The average molecular weight is 292 g/mol. The van der Waals surface area contributed by atoms with Crippen LogP contribution in [-0.4, -0.2) is 30.1 Å². The van der Waals surface area contributed by atoms with Crippen LogP contribution in [0, 0.1) is 0 Å². The summed E-state index contributed by atoms with van der Waals surface area (Å²) in [5, 5.41) is 5.59. The Bertz CT molecular complexity index is 559. The van der Waals surface area contributed by atoms with Crippen molar-refractivity contribution in [1.82, 2.24) is 10.3 Å². The molecule has 2 aromatic rings. The summed E-state index contributed by atoms with van der Waals surface area (Å²) in [6.07, 6.45) is 4.20. The summed E-state index contributed by atoms with van der Waals surface area (Å²) >= 11 is 1.48. The molecule has 3 rings (SSSR count). The molecule has 3 heterocycles. The SMILES string of the molecule is O=C(Cc1csc(-c2ccco2)n1)NCC1CCCO1. The van der Waals surface area contributed by atoms with E-state index >= 15 is 0 Å². The lowest BCUT2D eigenvalue weighted by Crippen LogP contribution is -2.32. The standard InChI is InChI=1S/C14H16N2O3S/c17-13(15-8-11-3-1-5-18-11)7-10-9-20-14(16-10)12-4-2-6-19-12/h2,4,6,9,11H,1,3,5,7-8H2,(H,15,17). The smallest absolute Gasteiger partial charge is 0.226 e. The van der Waals surface area contributed by atoms with Gasteiger partial charge in [0.1, 0.15) is 0 Å². The van der Waals surface area contributed by atoms with E-state index in [0.717, 1.165) is 35.9 Å². The lowest BCUT2D eigenvalue weighted by molar-refractivity contribution is -0.121. The Labute approximate surface area is 121 Å². The fourth-order valence-electron chi connectivity index (χ4n) is 2.16. The van der Waals surface area contributed by atoms with E-state index < -0.39 is 0 Å². The molecule has 0 aromatic carbocycles. The monoisotopic (exact) mass is 292 g/mol. The van der Waals surface area contributed by atoms with Gasteiger partial charge in [0.15, 0.2) is 10.8 Å². The zero-order chi connectivity index (χ0) is 13.8. The Morgan fingerprint density at radius 1 is 1.55 bits per heavy atom. The van der Waals surface area contributed by atoms with Crippen molar-refractivity contribution in [1.29, 1.82) is 0 Å². The van der Waals surface area contributed by atoms with Crippen molar-refractivity contribution in [2.75, 3.05) is 13.2 Å². The Morgan fingerprint density at radius 2 is 2.50 bits per heavy atom. The van der Waals surface area contributed by atoms with Crippen LogP contribution >= 0.6 is 11.3 Å². The molecule has 0 spiro atoms. The zero-order valence-corrected chi connectivity index (χ0v) is 11.8. The highest BCUT2D eigenvalue weighted by Gasteiger charge is 2.16. The molecular weight excluding hydrogens is 276 g/mol. The molecule has 20 heavy (non-hydrogen) atoms. The van der Waals surface area contributed by atoms with Crippen molar-refractivity contribution in [3.63, 3.8) is 0 Å². The first-order valence-electron chi connectivity index (χ1n) is 6.68. The van der Waals surface area contributed by atoms with Crippen LogP contribution in [-0.2, 0) is 16.0 Å². The Balaban J connectivity index is 1.51.